The van der Waals surface area contributed by atoms with Gasteiger partial charge in [-0.3, -0.25) is 9.69 Å². The lowest BCUT2D eigenvalue weighted by molar-refractivity contribution is -0.137. The minimum Gasteiger partial charge on any atom is -0.481 e. The number of carboxylic acid groups (broad SMARTS) is 1. The van der Waals surface area contributed by atoms with E-state index in [2.05, 4.69) is 30.9 Å². The molecule has 1 rings (SSSR count). The minimum absolute atomic E-state index is 0.206. The zero-order chi connectivity index (χ0) is 12.7. The molecule has 17 heavy (non-hydrogen) atoms. The number of hydrogen-bond acceptors (Lipinski definition) is 2. The Bertz CT molecular complexity index is 337. The molecule has 0 saturated heterocycles. The number of aliphatic carboxylic acids is 1. The molecule has 0 saturated carbocycles. The molecule has 0 bridgehead atoms. The Morgan fingerprint density at radius 3 is 2.41 bits per heavy atom. The molecule has 3 heteroatoms. The van der Waals surface area contributed by atoms with E-state index in [-0.39, 0.29) is 6.42 Å². The van der Waals surface area contributed by atoms with Crippen molar-refractivity contribution in [2.75, 3.05) is 13.1 Å². The molecule has 1 aromatic rings. The smallest absolute Gasteiger partial charge is 0.304 e. The van der Waals surface area contributed by atoms with E-state index in [0.29, 0.717) is 12.6 Å². The highest BCUT2D eigenvalue weighted by Crippen LogP contribution is 2.23. The largest absolute Gasteiger partial charge is 0.481 e. The average Bonchev–Trinajstić information content (AvgIpc) is 2.35. The highest BCUT2D eigenvalue weighted by atomic mass is 16.4. The predicted molar refractivity (Wildman–Crippen MR) is 69.0 cm³/mol. The predicted octanol–water partition coefficient (Wildman–Crippen LogP) is 2.93. The maximum Gasteiger partial charge on any atom is 0.304 e. The SMILES string of the molecule is CCC(c1ccccc1)N(CC)CCC(=O)O. The van der Waals surface area contributed by atoms with Gasteiger partial charge in [-0.1, -0.05) is 44.2 Å². The molecule has 0 radical (unpaired) electrons. The van der Waals surface area contributed by atoms with Gasteiger partial charge >= 0.3 is 5.97 Å². The second kappa shape index (κ2) is 7.07. The molecule has 0 aliphatic carbocycles. The van der Waals surface area contributed by atoms with Gasteiger partial charge in [-0.25, -0.2) is 0 Å². The summed E-state index contributed by atoms with van der Waals surface area (Å²) < 4.78 is 0. The van der Waals surface area contributed by atoms with Crippen molar-refractivity contribution in [1.82, 2.24) is 4.90 Å². The van der Waals surface area contributed by atoms with Crippen molar-refractivity contribution < 1.29 is 9.90 Å². The van der Waals surface area contributed by atoms with E-state index in [1.807, 2.05) is 18.2 Å². The molecule has 0 amide bonds. The Labute approximate surface area is 103 Å². The zero-order valence-corrected chi connectivity index (χ0v) is 10.6. The topological polar surface area (TPSA) is 40.5 Å². The third-order valence-corrected chi connectivity index (χ3v) is 3.03. The van der Waals surface area contributed by atoms with Crippen molar-refractivity contribution in [3.8, 4) is 0 Å². The monoisotopic (exact) mass is 235 g/mol. The number of benzene rings is 1. The Morgan fingerprint density at radius 2 is 1.94 bits per heavy atom. The molecular formula is C14H21NO2. The summed E-state index contributed by atoms with van der Waals surface area (Å²) in [7, 11) is 0. The molecule has 3 nitrogen and oxygen atoms in total. The highest BCUT2D eigenvalue weighted by molar-refractivity contribution is 5.66. The lowest BCUT2D eigenvalue weighted by atomic mass is 10.0. The van der Waals surface area contributed by atoms with Crippen LogP contribution in [-0.4, -0.2) is 29.1 Å². The van der Waals surface area contributed by atoms with Gasteiger partial charge in [-0.15, -0.1) is 0 Å². The fraction of sp³-hybridized carbons (Fsp3) is 0.500. The van der Waals surface area contributed by atoms with Crippen LogP contribution in [0.25, 0.3) is 0 Å². The first-order valence-corrected chi connectivity index (χ1v) is 6.19. The van der Waals surface area contributed by atoms with Crippen molar-refractivity contribution in [3.05, 3.63) is 35.9 Å². The van der Waals surface area contributed by atoms with Crippen LogP contribution in [0, 0.1) is 0 Å². The van der Waals surface area contributed by atoms with Crippen LogP contribution in [0.2, 0.25) is 0 Å². The minimum atomic E-state index is -0.730. The van der Waals surface area contributed by atoms with Crippen molar-refractivity contribution >= 4 is 5.97 Å². The van der Waals surface area contributed by atoms with Gasteiger partial charge in [-0.2, -0.15) is 0 Å². The summed E-state index contributed by atoms with van der Waals surface area (Å²) in [6, 6.07) is 10.6. The summed E-state index contributed by atoms with van der Waals surface area (Å²) in [5.41, 5.74) is 1.27. The lowest BCUT2D eigenvalue weighted by Crippen LogP contribution is -2.30. The van der Waals surface area contributed by atoms with Crippen molar-refractivity contribution in [3.63, 3.8) is 0 Å². The van der Waals surface area contributed by atoms with E-state index in [1.165, 1.54) is 5.56 Å². The number of rotatable bonds is 7. The van der Waals surface area contributed by atoms with Crippen LogP contribution >= 0.6 is 0 Å². The molecule has 1 unspecified atom stereocenters. The van der Waals surface area contributed by atoms with Crippen LogP contribution in [0.3, 0.4) is 0 Å². The van der Waals surface area contributed by atoms with E-state index in [9.17, 15) is 4.79 Å². The third-order valence-electron chi connectivity index (χ3n) is 3.03. The van der Waals surface area contributed by atoms with Gasteiger partial charge in [0.2, 0.25) is 0 Å². The molecule has 1 aromatic carbocycles. The summed E-state index contributed by atoms with van der Waals surface area (Å²) in [5, 5.41) is 8.76. The van der Waals surface area contributed by atoms with E-state index in [0.717, 1.165) is 13.0 Å². The first-order valence-electron chi connectivity index (χ1n) is 6.19. The van der Waals surface area contributed by atoms with Crippen LogP contribution in [0.15, 0.2) is 30.3 Å². The van der Waals surface area contributed by atoms with Gasteiger partial charge in [0, 0.05) is 12.6 Å². The molecule has 0 spiro atoms. The highest BCUT2D eigenvalue weighted by Gasteiger charge is 2.17. The van der Waals surface area contributed by atoms with E-state index in [4.69, 9.17) is 5.11 Å². The van der Waals surface area contributed by atoms with Gasteiger partial charge in [0.15, 0.2) is 0 Å². The first kappa shape index (κ1) is 13.7. The van der Waals surface area contributed by atoms with Gasteiger partial charge in [-0.05, 0) is 18.5 Å². The van der Waals surface area contributed by atoms with Crippen LogP contribution in [-0.2, 0) is 4.79 Å². The average molecular weight is 235 g/mol. The van der Waals surface area contributed by atoms with Crippen molar-refractivity contribution in [2.45, 2.75) is 32.7 Å². The Morgan fingerprint density at radius 1 is 1.29 bits per heavy atom. The van der Waals surface area contributed by atoms with Crippen LogP contribution in [0.4, 0.5) is 0 Å². The van der Waals surface area contributed by atoms with Gasteiger partial charge in [0.25, 0.3) is 0 Å². The van der Waals surface area contributed by atoms with Gasteiger partial charge in [0.05, 0.1) is 6.42 Å². The first-order chi connectivity index (χ1) is 8.19. The van der Waals surface area contributed by atoms with E-state index in [1.54, 1.807) is 0 Å². The molecule has 94 valence electrons. The van der Waals surface area contributed by atoms with Gasteiger partial charge < -0.3 is 5.11 Å². The molecule has 1 atom stereocenters. The number of hydrogen-bond donors (Lipinski definition) is 1. The summed E-state index contributed by atoms with van der Waals surface area (Å²) >= 11 is 0. The second-order valence-corrected chi connectivity index (χ2v) is 4.11. The molecule has 0 aromatic heterocycles. The Balaban J connectivity index is 2.73. The van der Waals surface area contributed by atoms with Crippen LogP contribution in [0.1, 0.15) is 38.3 Å². The molecule has 0 fully saturated rings. The second-order valence-electron chi connectivity index (χ2n) is 4.11. The summed E-state index contributed by atoms with van der Waals surface area (Å²) in [4.78, 5) is 12.9. The Kier molecular flexibility index (Phi) is 5.70. The quantitative estimate of drug-likeness (QED) is 0.790. The number of carbonyl (C=O) groups is 1. The molecule has 1 N–H and O–H groups in total. The molecular weight excluding hydrogens is 214 g/mol. The van der Waals surface area contributed by atoms with Crippen LogP contribution in [0.5, 0.6) is 0 Å². The fourth-order valence-corrected chi connectivity index (χ4v) is 2.15. The van der Waals surface area contributed by atoms with Crippen molar-refractivity contribution in [2.24, 2.45) is 0 Å². The maximum atomic E-state index is 10.6. The number of carboxylic acids is 1. The Hall–Kier alpha value is -1.35. The summed E-state index contributed by atoms with van der Waals surface area (Å²) in [6.45, 7) is 5.70. The molecule has 0 aliphatic rings. The summed E-state index contributed by atoms with van der Waals surface area (Å²) in [5.74, 6) is -0.730. The third kappa shape index (κ3) is 4.19. The standard InChI is InChI=1S/C14H21NO2/c1-3-13(12-8-6-5-7-9-12)15(4-2)11-10-14(16)17/h5-9,13H,3-4,10-11H2,1-2H3,(H,16,17). The number of nitrogens with zero attached hydrogens (tertiary/aromatic N) is 1. The fourth-order valence-electron chi connectivity index (χ4n) is 2.15. The normalized spacial score (nSPS) is 12.6. The van der Waals surface area contributed by atoms with E-state index < -0.39 is 5.97 Å². The lowest BCUT2D eigenvalue weighted by Gasteiger charge is -2.29. The zero-order valence-electron chi connectivity index (χ0n) is 10.6. The van der Waals surface area contributed by atoms with Gasteiger partial charge in [0.1, 0.15) is 0 Å². The maximum absolute atomic E-state index is 10.6. The molecule has 0 aliphatic heterocycles. The van der Waals surface area contributed by atoms with Crippen molar-refractivity contribution in [1.29, 1.82) is 0 Å². The molecule has 0 heterocycles. The van der Waals surface area contributed by atoms with E-state index >= 15 is 0 Å². The van der Waals surface area contributed by atoms with Crippen LogP contribution < -0.4 is 0 Å². The summed E-state index contributed by atoms with van der Waals surface area (Å²) in [6.07, 6.45) is 1.20.